The van der Waals surface area contributed by atoms with Gasteiger partial charge in [0.05, 0.1) is 11.1 Å². The van der Waals surface area contributed by atoms with E-state index in [2.05, 4.69) is 5.32 Å². The van der Waals surface area contributed by atoms with Crippen molar-refractivity contribution >= 4 is 17.5 Å². The van der Waals surface area contributed by atoms with Crippen molar-refractivity contribution in [1.29, 1.82) is 0 Å². The lowest BCUT2D eigenvalue weighted by molar-refractivity contribution is -0.123. The van der Waals surface area contributed by atoms with Crippen molar-refractivity contribution in [3.05, 3.63) is 65.2 Å². The van der Waals surface area contributed by atoms with Gasteiger partial charge in [-0.2, -0.15) is 0 Å². The van der Waals surface area contributed by atoms with E-state index in [0.717, 1.165) is 12.0 Å². The quantitative estimate of drug-likeness (QED) is 0.876. The molecule has 1 N–H and O–H groups in total. The SMILES string of the molecule is CC[C@H](NC(=O)COc1ccccc1Cl)c1ccccc1. The minimum Gasteiger partial charge on any atom is -0.482 e. The Balaban J connectivity index is 1.90. The maximum atomic E-state index is 12.0. The summed E-state index contributed by atoms with van der Waals surface area (Å²) in [6, 6.07) is 17.0. The molecule has 0 saturated carbocycles. The molecule has 0 heterocycles. The van der Waals surface area contributed by atoms with Crippen molar-refractivity contribution in [2.75, 3.05) is 6.61 Å². The molecule has 0 fully saturated rings. The van der Waals surface area contributed by atoms with Crippen molar-refractivity contribution in [2.24, 2.45) is 0 Å². The molecule has 21 heavy (non-hydrogen) atoms. The van der Waals surface area contributed by atoms with Gasteiger partial charge in [-0.3, -0.25) is 4.79 Å². The Morgan fingerprint density at radius 2 is 1.81 bits per heavy atom. The van der Waals surface area contributed by atoms with E-state index >= 15 is 0 Å². The molecular formula is C17H18ClNO2. The number of para-hydroxylation sites is 1. The van der Waals surface area contributed by atoms with E-state index in [4.69, 9.17) is 16.3 Å². The van der Waals surface area contributed by atoms with Crippen LogP contribution in [0.25, 0.3) is 0 Å². The van der Waals surface area contributed by atoms with Crippen molar-refractivity contribution < 1.29 is 9.53 Å². The molecule has 1 atom stereocenters. The molecule has 110 valence electrons. The van der Waals surface area contributed by atoms with Gasteiger partial charge in [-0.25, -0.2) is 0 Å². The highest BCUT2D eigenvalue weighted by atomic mass is 35.5. The van der Waals surface area contributed by atoms with Gasteiger partial charge in [0.2, 0.25) is 0 Å². The third-order valence-corrected chi connectivity index (χ3v) is 3.45. The van der Waals surface area contributed by atoms with E-state index in [1.54, 1.807) is 12.1 Å². The summed E-state index contributed by atoms with van der Waals surface area (Å²) in [4.78, 5) is 12.0. The second kappa shape index (κ2) is 7.70. The van der Waals surface area contributed by atoms with Gasteiger partial charge in [0.15, 0.2) is 6.61 Å². The van der Waals surface area contributed by atoms with E-state index in [-0.39, 0.29) is 18.6 Å². The predicted molar refractivity (Wildman–Crippen MR) is 84.6 cm³/mol. The molecule has 0 aliphatic carbocycles. The number of halogens is 1. The molecule has 2 rings (SSSR count). The second-order valence-corrected chi connectivity index (χ2v) is 5.07. The van der Waals surface area contributed by atoms with Crippen LogP contribution >= 0.6 is 11.6 Å². The average molecular weight is 304 g/mol. The smallest absolute Gasteiger partial charge is 0.258 e. The van der Waals surface area contributed by atoms with E-state index in [1.807, 2.05) is 49.4 Å². The topological polar surface area (TPSA) is 38.3 Å². The van der Waals surface area contributed by atoms with Gasteiger partial charge in [0, 0.05) is 0 Å². The Labute approximate surface area is 129 Å². The normalized spacial score (nSPS) is 11.7. The molecule has 1 amide bonds. The first-order valence-corrected chi connectivity index (χ1v) is 7.30. The first-order valence-electron chi connectivity index (χ1n) is 6.92. The zero-order valence-corrected chi connectivity index (χ0v) is 12.6. The van der Waals surface area contributed by atoms with Gasteiger partial charge in [0.25, 0.3) is 5.91 Å². The summed E-state index contributed by atoms with van der Waals surface area (Å²) in [5.74, 6) is 0.354. The van der Waals surface area contributed by atoms with Crippen LogP contribution in [-0.2, 0) is 4.79 Å². The van der Waals surface area contributed by atoms with E-state index in [1.165, 1.54) is 0 Å². The molecule has 4 heteroatoms. The molecular weight excluding hydrogens is 286 g/mol. The Hall–Kier alpha value is -2.00. The summed E-state index contributed by atoms with van der Waals surface area (Å²) >= 11 is 5.98. The maximum absolute atomic E-state index is 12.0. The largest absolute Gasteiger partial charge is 0.482 e. The molecule has 0 saturated heterocycles. The first-order chi connectivity index (χ1) is 10.2. The number of carbonyl (C=O) groups excluding carboxylic acids is 1. The van der Waals surface area contributed by atoms with Crippen LogP contribution in [0.1, 0.15) is 24.9 Å². The number of carbonyl (C=O) groups is 1. The fourth-order valence-electron chi connectivity index (χ4n) is 2.05. The van der Waals surface area contributed by atoms with Gasteiger partial charge in [-0.15, -0.1) is 0 Å². The highest BCUT2D eigenvalue weighted by molar-refractivity contribution is 6.32. The Morgan fingerprint density at radius 3 is 2.48 bits per heavy atom. The Morgan fingerprint density at radius 1 is 1.14 bits per heavy atom. The standard InChI is InChI=1S/C17H18ClNO2/c1-2-15(13-8-4-3-5-9-13)19-17(20)12-21-16-11-7-6-10-14(16)18/h3-11,15H,2,12H2,1H3,(H,19,20)/t15-/m0/s1. The number of amides is 1. The van der Waals surface area contributed by atoms with Crippen molar-refractivity contribution in [2.45, 2.75) is 19.4 Å². The fraction of sp³-hybridized carbons (Fsp3) is 0.235. The van der Waals surface area contributed by atoms with Crippen LogP contribution in [0.3, 0.4) is 0 Å². The summed E-state index contributed by atoms with van der Waals surface area (Å²) in [6.07, 6.45) is 0.821. The third kappa shape index (κ3) is 4.50. The van der Waals surface area contributed by atoms with Crippen LogP contribution in [0.5, 0.6) is 5.75 Å². The van der Waals surface area contributed by atoms with Crippen LogP contribution < -0.4 is 10.1 Å². The monoisotopic (exact) mass is 303 g/mol. The van der Waals surface area contributed by atoms with Crippen molar-refractivity contribution in [3.8, 4) is 5.75 Å². The van der Waals surface area contributed by atoms with E-state index in [9.17, 15) is 4.79 Å². The number of rotatable bonds is 6. The van der Waals surface area contributed by atoms with Gasteiger partial charge in [-0.05, 0) is 24.1 Å². The lowest BCUT2D eigenvalue weighted by Crippen LogP contribution is -2.32. The van der Waals surface area contributed by atoms with E-state index < -0.39 is 0 Å². The van der Waals surface area contributed by atoms with Gasteiger partial charge in [-0.1, -0.05) is 61.0 Å². The first kappa shape index (κ1) is 15.4. The number of benzene rings is 2. The molecule has 0 aliphatic rings. The van der Waals surface area contributed by atoms with Crippen LogP contribution in [0.4, 0.5) is 0 Å². The minimum atomic E-state index is -0.161. The number of hydrogen-bond acceptors (Lipinski definition) is 2. The molecule has 0 spiro atoms. The van der Waals surface area contributed by atoms with Crippen LogP contribution in [0.2, 0.25) is 5.02 Å². The molecule has 0 aliphatic heterocycles. The average Bonchev–Trinajstić information content (AvgIpc) is 2.52. The van der Waals surface area contributed by atoms with Crippen molar-refractivity contribution in [1.82, 2.24) is 5.32 Å². The van der Waals surface area contributed by atoms with Crippen LogP contribution in [-0.4, -0.2) is 12.5 Å². The fourth-order valence-corrected chi connectivity index (χ4v) is 2.24. The van der Waals surface area contributed by atoms with Crippen molar-refractivity contribution in [3.63, 3.8) is 0 Å². The highest BCUT2D eigenvalue weighted by Crippen LogP contribution is 2.23. The maximum Gasteiger partial charge on any atom is 0.258 e. The highest BCUT2D eigenvalue weighted by Gasteiger charge is 2.13. The molecule has 0 radical (unpaired) electrons. The third-order valence-electron chi connectivity index (χ3n) is 3.14. The number of hydrogen-bond donors (Lipinski definition) is 1. The summed E-state index contributed by atoms with van der Waals surface area (Å²) < 4.78 is 5.44. The van der Waals surface area contributed by atoms with Gasteiger partial charge in [0.1, 0.15) is 5.75 Å². The lowest BCUT2D eigenvalue weighted by atomic mass is 10.0. The molecule has 0 aromatic heterocycles. The zero-order chi connectivity index (χ0) is 15.1. The Bertz CT molecular complexity index is 586. The zero-order valence-electron chi connectivity index (χ0n) is 11.9. The Kier molecular flexibility index (Phi) is 5.64. The van der Waals surface area contributed by atoms with Crippen LogP contribution in [0.15, 0.2) is 54.6 Å². The molecule has 0 bridgehead atoms. The van der Waals surface area contributed by atoms with Gasteiger partial charge < -0.3 is 10.1 Å². The number of nitrogens with one attached hydrogen (secondary N) is 1. The summed E-state index contributed by atoms with van der Waals surface area (Å²) in [5, 5.41) is 3.47. The van der Waals surface area contributed by atoms with Gasteiger partial charge >= 0.3 is 0 Å². The molecule has 2 aromatic carbocycles. The van der Waals surface area contributed by atoms with Crippen LogP contribution in [0, 0.1) is 0 Å². The second-order valence-electron chi connectivity index (χ2n) is 4.66. The minimum absolute atomic E-state index is 0.00598. The summed E-state index contributed by atoms with van der Waals surface area (Å²) in [5.41, 5.74) is 1.09. The predicted octanol–water partition coefficient (Wildman–Crippen LogP) is 3.99. The molecule has 2 aromatic rings. The summed E-state index contributed by atoms with van der Waals surface area (Å²) in [6.45, 7) is 1.99. The molecule has 3 nitrogen and oxygen atoms in total. The lowest BCUT2D eigenvalue weighted by Gasteiger charge is -2.17. The van der Waals surface area contributed by atoms with E-state index in [0.29, 0.717) is 10.8 Å². The number of ether oxygens (including phenoxy) is 1. The molecule has 0 unspecified atom stereocenters. The summed E-state index contributed by atoms with van der Waals surface area (Å²) in [7, 11) is 0.